The van der Waals surface area contributed by atoms with Gasteiger partial charge in [-0.15, -0.1) is 0 Å². The van der Waals surface area contributed by atoms with Gasteiger partial charge in [-0.25, -0.2) is 12.7 Å². The Balaban J connectivity index is 2.19. The molecule has 0 aromatic heterocycles. The fourth-order valence-corrected chi connectivity index (χ4v) is 2.97. The lowest BCUT2D eigenvalue weighted by molar-refractivity contribution is -0.387. The number of nitro groups is 1. The number of rotatable bonds is 6. The standard InChI is InChI=1S/C15H16FN3O4S/c1-18(2)24(22,23)13-5-3-4-11(8-13)10-17-12-6-7-14(16)15(9-12)19(20)21/h3-9,17H,10H2,1-2H3. The topological polar surface area (TPSA) is 92.6 Å². The second kappa shape index (κ2) is 6.93. The fourth-order valence-electron chi connectivity index (χ4n) is 1.99. The van der Waals surface area contributed by atoms with Crippen LogP contribution in [0.2, 0.25) is 0 Å². The molecule has 0 atom stereocenters. The first kappa shape index (κ1) is 17.8. The molecular formula is C15H16FN3O4S. The summed E-state index contributed by atoms with van der Waals surface area (Å²) in [6, 6.07) is 9.81. The molecule has 0 unspecified atom stereocenters. The molecule has 9 heteroatoms. The minimum atomic E-state index is -3.54. The first-order valence-electron chi connectivity index (χ1n) is 6.91. The molecule has 2 rings (SSSR count). The van der Waals surface area contributed by atoms with Crippen molar-refractivity contribution in [3.63, 3.8) is 0 Å². The third-order valence-electron chi connectivity index (χ3n) is 3.32. The van der Waals surface area contributed by atoms with Gasteiger partial charge in [0.2, 0.25) is 15.8 Å². The van der Waals surface area contributed by atoms with Gasteiger partial charge >= 0.3 is 5.69 Å². The van der Waals surface area contributed by atoms with Crippen LogP contribution >= 0.6 is 0 Å². The van der Waals surface area contributed by atoms with Crippen molar-refractivity contribution in [2.75, 3.05) is 19.4 Å². The Labute approximate surface area is 138 Å². The van der Waals surface area contributed by atoms with Crippen LogP contribution in [-0.4, -0.2) is 31.7 Å². The van der Waals surface area contributed by atoms with E-state index in [2.05, 4.69) is 5.32 Å². The van der Waals surface area contributed by atoms with E-state index in [0.29, 0.717) is 11.3 Å². The van der Waals surface area contributed by atoms with Gasteiger partial charge in [0.15, 0.2) is 0 Å². The normalized spacial score (nSPS) is 11.5. The molecule has 0 saturated heterocycles. The van der Waals surface area contributed by atoms with Crippen molar-refractivity contribution in [2.45, 2.75) is 11.4 Å². The molecule has 0 bridgehead atoms. The van der Waals surface area contributed by atoms with Crippen LogP contribution in [0.4, 0.5) is 15.8 Å². The largest absolute Gasteiger partial charge is 0.381 e. The molecule has 0 saturated carbocycles. The maximum Gasteiger partial charge on any atom is 0.306 e. The predicted molar refractivity (Wildman–Crippen MR) is 87.7 cm³/mol. The van der Waals surface area contributed by atoms with Crippen LogP contribution in [0.5, 0.6) is 0 Å². The molecule has 2 aromatic rings. The zero-order valence-electron chi connectivity index (χ0n) is 13.1. The van der Waals surface area contributed by atoms with Gasteiger partial charge in [-0.2, -0.15) is 4.39 Å². The molecule has 24 heavy (non-hydrogen) atoms. The maximum atomic E-state index is 13.3. The van der Waals surface area contributed by atoms with E-state index in [9.17, 15) is 22.9 Å². The Morgan fingerprint density at radius 2 is 1.92 bits per heavy atom. The van der Waals surface area contributed by atoms with Gasteiger partial charge in [0.05, 0.1) is 9.82 Å². The van der Waals surface area contributed by atoms with Crippen molar-refractivity contribution in [3.8, 4) is 0 Å². The zero-order valence-corrected chi connectivity index (χ0v) is 13.9. The second-order valence-corrected chi connectivity index (χ2v) is 7.36. The first-order chi connectivity index (χ1) is 11.2. The molecule has 0 fully saturated rings. The highest BCUT2D eigenvalue weighted by molar-refractivity contribution is 7.89. The van der Waals surface area contributed by atoms with Crippen molar-refractivity contribution in [1.82, 2.24) is 4.31 Å². The van der Waals surface area contributed by atoms with Gasteiger partial charge in [-0.3, -0.25) is 10.1 Å². The quantitative estimate of drug-likeness (QED) is 0.636. The number of benzene rings is 2. The molecule has 0 radical (unpaired) electrons. The number of hydrogen-bond donors (Lipinski definition) is 1. The number of nitrogens with one attached hydrogen (secondary N) is 1. The smallest absolute Gasteiger partial charge is 0.306 e. The average molecular weight is 353 g/mol. The van der Waals surface area contributed by atoms with Gasteiger partial charge < -0.3 is 5.32 Å². The molecule has 0 aliphatic rings. The van der Waals surface area contributed by atoms with E-state index in [1.54, 1.807) is 12.1 Å². The van der Waals surface area contributed by atoms with Crippen molar-refractivity contribution < 1.29 is 17.7 Å². The third-order valence-corrected chi connectivity index (χ3v) is 5.13. The van der Waals surface area contributed by atoms with Crippen molar-refractivity contribution in [2.24, 2.45) is 0 Å². The van der Waals surface area contributed by atoms with Gasteiger partial charge in [0.1, 0.15) is 0 Å². The molecule has 2 aromatic carbocycles. The molecular weight excluding hydrogens is 337 g/mol. The summed E-state index contributed by atoms with van der Waals surface area (Å²) in [4.78, 5) is 10.1. The van der Waals surface area contributed by atoms with Crippen molar-refractivity contribution >= 4 is 21.4 Å². The lowest BCUT2D eigenvalue weighted by Crippen LogP contribution is -2.22. The number of anilines is 1. The Kier molecular flexibility index (Phi) is 5.15. The molecule has 7 nitrogen and oxygen atoms in total. The fraction of sp³-hybridized carbons (Fsp3) is 0.200. The summed E-state index contributed by atoms with van der Waals surface area (Å²) >= 11 is 0. The lowest BCUT2D eigenvalue weighted by Gasteiger charge is -2.13. The summed E-state index contributed by atoms with van der Waals surface area (Å²) in [5, 5.41) is 13.6. The minimum absolute atomic E-state index is 0.150. The molecule has 0 heterocycles. The number of hydrogen-bond acceptors (Lipinski definition) is 5. The molecule has 1 N–H and O–H groups in total. The highest BCUT2D eigenvalue weighted by atomic mass is 32.2. The summed E-state index contributed by atoms with van der Waals surface area (Å²) in [5.41, 5.74) is 0.415. The Hall–Kier alpha value is -2.52. The average Bonchev–Trinajstić information content (AvgIpc) is 2.54. The highest BCUT2D eigenvalue weighted by Gasteiger charge is 2.17. The van der Waals surface area contributed by atoms with Gasteiger partial charge in [0, 0.05) is 32.4 Å². The van der Waals surface area contributed by atoms with Gasteiger partial charge in [0.25, 0.3) is 0 Å². The number of nitrogens with zero attached hydrogens (tertiary/aromatic N) is 2. The van der Waals surface area contributed by atoms with Crippen LogP contribution in [0, 0.1) is 15.9 Å². The molecule has 0 aliphatic carbocycles. The molecule has 0 aliphatic heterocycles. The third kappa shape index (κ3) is 3.87. The predicted octanol–water partition coefficient (Wildman–Crippen LogP) is 2.60. The van der Waals surface area contributed by atoms with E-state index in [1.165, 1.54) is 32.3 Å². The van der Waals surface area contributed by atoms with Gasteiger partial charge in [-0.05, 0) is 29.8 Å². The number of halogens is 1. The second-order valence-electron chi connectivity index (χ2n) is 5.21. The molecule has 0 spiro atoms. The number of nitro benzene ring substituents is 1. The van der Waals surface area contributed by atoms with Crippen molar-refractivity contribution in [1.29, 1.82) is 0 Å². The van der Waals surface area contributed by atoms with Crippen LogP contribution in [-0.2, 0) is 16.6 Å². The summed E-state index contributed by atoms with van der Waals surface area (Å²) in [6.07, 6.45) is 0. The molecule has 0 amide bonds. The number of sulfonamides is 1. The van der Waals surface area contributed by atoms with E-state index >= 15 is 0 Å². The SMILES string of the molecule is CN(C)S(=O)(=O)c1cccc(CNc2ccc(F)c([N+](=O)[O-])c2)c1. The minimum Gasteiger partial charge on any atom is -0.381 e. The zero-order chi connectivity index (χ0) is 17.9. The molecule has 128 valence electrons. The van der Waals surface area contributed by atoms with Crippen LogP contribution in [0.25, 0.3) is 0 Å². The lowest BCUT2D eigenvalue weighted by atomic mass is 10.2. The summed E-state index contributed by atoms with van der Waals surface area (Å²) in [7, 11) is -0.655. The Bertz CT molecular complexity index is 869. The van der Waals surface area contributed by atoms with E-state index in [4.69, 9.17) is 0 Å². The van der Waals surface area contributed by atoms with Crippen LogP contribution in [0.1, 0.15) is 5.56 Å². The van der Waals surface area contributed by atoms with E-state index in [0.717, 1.165) is 16.4 Å². The van der Waals surface area contributed by atoms with E-state index < -0.39 is 26.5 Å². The van der Waals surface area contributed by atoms with Crippen molar-refractivity contribution in [3.05, 3.63) is 64.0 Å². The van der Waals surface area contributed by atoms with Crippen LogP contribution in [0.3, 0.4) is 0 Å². The first-order valence-corrected chi connectivity index (χ1v) is 8.35. The van der Waals surface area contributed by atoms with E-state index in [1.807, 2.05) is 0 Å². The monoisotopic (exact) mass is 353 g/mol. The Morgan fingerprint density at radius 1 is 1.21 bits per heavy atom. The summed E-state index contributed by atoms with van der Waals surface area (Å²) in [5.74, 6) is -0.912. The maximum absolute atomic E-state index is 13.3. The Morgan fingerprint density at radius 3 is 2.54 bits per heavy atom. The highest BCUT2D eigenvalue weighted by Crippen LogP contribution is 2.22. The van der Waals surface area contributed by atoms with Gasteiger partial charge in [-0.1, -0.05) is 12.1 Å². The summed E-state index contributed by atoms with van der Waals surface area (Å²) in [6.45, 7) is 0.236. The van der Waals surface area contributed by atoms with Crippen LogP contribution < -0.4 is 5.32 Å². The van der Waals surface area contributed by atoms with Crippen LogP contribution in [0.15, 0.2) is 47.4 Å². The van der Waals surface area contributed by atoms with E-state index in [-0.39, 0.29) is 11.4 Å². The summed E-state index contributed by atoms with van der Waals surface area (Å²) < 4.78 is 38.6.